The summed E-state index contributed by atoms with van der Waals surface area (Å²) in [6.45, 7) is 2.81. The molecule has 0 unspecified atom stereocenters. The van der Waals surface area contributed by atoms with Gasteiger partial charge in [0.2, 0.25) is 0 Å². The van der Waals surface area contributed by atoms with Crippen molar-refractivity contribution >= 4 is 23.4 Å². The molecule has 1 aliphatic heterocycles. The van der Waals surface area contributed by atoms with Crippen LogP contribution in [0.15, 0.2) is 18.2 Å². The summed E-state index contributed by atoms with van der Waals surface area (Å²) in [6.07, 6.45) is 2.44. The largest absolute Gasteiger partial charge is 0.387 e. The van der Waals surface area contributed by atoms with Crippen LogP contribution in [0, 0.1) is 12.8 Å². The number of aryl methyl sites for hydroxylation is 1. The van der Waals surface area contributed by atoms with Gasteiger partial charge in [-0.1, -0.05) is 11.6 Å². The first-order chi connectivity index (χ1) is 9.20. The minimum absolute atomic E-state index is 0.0336. The van der Waals surface area contributed by atoms with E-state index in [1.165, 1.54) is 24.3 Å². The number of amides is 1. The van der Waals surface area contributed by atoms with E-state index < -0.39 is 0 Å². The van der Waals surface area contributed by atoms with E-state index in [-0.39, 0.29) is 5.91 Å². The number of hydrogen-bond acceptors (Lipinski definition) is 3. The lowest BCUT2D eigenvalue weighted by atomic mass is 10.0. The van der Waals surface area contributed by atoms with Gasteiger partial charge in [-0.05, 0) is 49.3 Å². The first-order valence-electron chi connectivity index (χ1n) is 6.85. The van der Waals surface area contributed by atoms with Crippen molar-refractivity contribution < 1.29 is 4.79 Å². The molecule has 19 heavy (non-hydrogen) atoms. The van der Waals surface area contributed by atoms with E-state index in [0.29, 0.717) is 5.92 Å². The van der Waals surface area contributed by atoms with Crippen molar-refractivity contribution in [2.75, 3.05) is 30.4 Å². The molecule has 1 amide bonds. The molecule has 1 saturated heterocycles. The third-order valence-electron chi connectivity index (χ3n) is 3.58. The second-order valence-electron chi connectivity index (χ2n) is 5.06. The standard InChI is InChI=1S/C15H22N2OS/c1-11-3-4-14(16-2)13(9-11)15(18)17-10-12-5-7-19-8-6-12/h3-4,9,12,16H,5-8,10H2,1-2H3,(H,17,18). The van der Waals surface area contributed by atoms with Gasteiger partial charge < -0.3 is 10.6 Å². The molecule has 0 spiro atoms. The van der Waals surface area contributed by atoms with E-state index in [2.05, 4.69) is 10.6 Å². The fraction of sp³-hybridized carbons (Fsp3) is 0.533. The third-order valence-corrected chi connectivity index (χ3v) is 4.63. The van der Waals surface area contributed by atoms with Crippen molar-refractivity contribution in [3.05, 3.63) is 29.3 Å². The van der Waals surface area contributed by atoms with Crippen LogP contribution in [0.2, 0.25) is 0 Å². The highest BCUT2D eigenvalue weighted by molar-refractivity contribution is 7.99. The van der Waals surface area contributed by atoms with Gasteiger partial charge in [-0.3, -0.25) is 4.79 Å². The number of benzene rings is 1. The number of carbonyl (C=O) groups is 1. The Hall–Kier alpha value is -1.16. The van der Waals surface area contributed by atoms with Crippen LogP contribution in [0.5, 0.6) is 0 Å². The molecule has 1 aromatic carbocycles. The Labute approximate surface area is 119 Å². The highest BCUT2D eigenvalue weighted by Crippen LogP contribution is 2.22. The Kier molecular flexibility index (Phi) is 5.14. The molecule has 1 aromatic rings. The Bertz CT molecular complexity index is 442. The predicted molar refractivity (Wildman–Crippen MR) is 83.1 cm³/mol. The van der Waals surface area contributed by atoms with Crippen LogP contribution in [0.4, 0.5) is 5.69 Å². The molecule has 0 saturated carbocycles. The lowest BCUT2D eigenvalue weighted by Gasteiger charge is -2.21. The molecular formula is C15H22N2OS. The molecule has 0 aliphatic carbocycles. The Morgan fingerprint density at radius 1 is 1.37 bits per heavy atom. The number of carbonyl (C=O) groups excluding carboxylic acids is 1. The molecule has 2 rings (SSSR count). The highest BCUT2D eigenvalue weighted by atomic mass is 32.2. The number of thioether (sulfide) groups is 1. The number of rotatable bonds is 4. The maximum atomic E-state index is 12.3. The van der Waals surface area contributed by atoms with Gasteiger partial charge in [-0.25, -0.2) is 0 Å². The van der Waals surface area contributed by atoms with Gasteiger partial charge in [0.15, 0.2) is 0 Å². The highest BCUT2D eigenvalue weighted by Gasteiger charge is 2.16. The third kappa shape index (κ3) is 3.90. The summed E-state index contributed by atoms with van der Waals surface area (Å²) < 4.78 is 0. The lowest BCUT2D eigenvalue weighted by Crippen LogP contribution is -2.31. The van der Waals surface area contributed by atoms with Crippen LogP contribution >= 0.6 is 11.8 Å². The van der Waals surface area contributed by atoms with E-state index in [9.17, 15) is 4.79 Å². The topological polar surface area (TPSA) is 41.1 Å². The van der Waals surface area contributed by atoms with E-state index in [1.807, 2.05) is 43.9 Å². The van der Waals surface area contributed by atoms with Crippen LogP contribution in [0.1, 0.15) is 28.8 Å². The van der Waals surface area contributed by atoms with Crippen LogP contribution in [-0.4, -0.2) is 31.0 Å². The average molecular weight is 278 g/mol. The fourth-order valence-electron chi connectivity index (χ4n) is 2.35. The molecule has 4 heteroatoms. The van der Waals surface area contributed by atoms with Crippen LogP contribution in [0.3, 0.4) is 0 Å². The van der Waals surface area contributed by atoms with Gasteiger partial charge in [0.1, 0.15) is 0 Å². The van der Waals surface area contributed by atoms with E-state index >= 15 is 0 Å². The zero-order chi connectivity index (χ0) is 13.7. The molecule has 1 aliphatic rings. The summed E-state index contributed by atoms with van der Waals surface area (Å²) >= 11 is 2.01. The van der Waals surface area contributed by atoms with Crippen molar-refractivity contribution in [3.63, 3.8) is 0 Å². The molecule has 0 atom stereocenters. The molecule has 0 bridgehead atoms. The number of nitrogens with one attached hydrogen (secondary N) is 2. The molecule has 1 fully saturated rings. The van der Waals surface area contributed by atoms with Gasteiger partial charge in [0, 0.05) is 19.3 Å². The van der Waals surface area contributed by atoms with E-state index in [0.717, 1.165) is 23.4 Å². The molecule has 104 valence electrons. The number of hydrogen-bond donors (Lipinski definition) is 2. The summed E-state index contributed by atoms with van der Waals surface area (Å²) in [5.41, 5.74) is 2.74. The van der Waals surface area contributed by atoms with Crippen molar-refractivity contribution in [3.8, 4) is 0 Å². The molecule has 0 aromatic heterocycles. The summed E-state index contributed by atoms with van der Waals surface area (Å²) in [4.78, 5) is 12.3. The fourth-order valence-corrected chi connectivity index (χ4v) is 3.55. The Morgan fingerprint density at radius 3 is 2.79 bits per heavy atom. The maximum Gasteiger partial charge on any atom is 0.253 e. The van der Waals surface area contributed by atoms with Gasteiger partial charge >= 0.3 is 0 Å². The van der Waals surface area contributed by atoms with Crippen molar-refractivity contribution in [1.29, 1.82) is 0 Å². The van der Waals surface area contributed by atoms with Gasteiger partial charge in [0.25, 0.3) is 5.91 Å². The van der Waals surface area contributed by atoms with Crippen LogP contribution < -0.4 is 10.6 Å². The quantitative estimate of drug-likeness (QED) is 0.890. The maximum absolute atomic E-state index is 12.3. The smallest absolute Gasteiger partial charge is 0.253 e. The molecule has 2 N–H and O–H groups in total. The van der Waals surface area contributed by atoms with E-state index in [1.54, 1.807) is 0 Å². The molecule has 3 nitrogen and oxygen atoms in total. The van der Waals surface area contributed by atoms with Crippen molar-refractivity contribution in [2.45, 2.75) is 19.8 Å². The Balaban J connectivity index is 1.97. The minimum atomic E-state index is 0.0336. The second-order valence-corrected chi connectivity index (χ2v) is 6.29. The minimum Gasteiger partial charge on any atom is -0.387 e. The summed E-state index contributed by atoms with van der Waals surface area (Å²) in [5.74, 6) is 3.14. The SMILES string of the molecule is CNc1ccc(C)cc1C(=O)NCC1CCSCC1. The monoisotopic (exact) mass is 278 g/mol. The van der Waals surface area contributed by atoms with Crippen molar-refractivity contribution in [1.82, 2.24) is 5.32 Å². The van der Waals surface area contributed by atoms with Gasteiger partial charge in [0.05, 0.1) is 5.56 Å². The summed E-state index contributed by atoms with van der Waals surface area (Å²) in [7, 11) is 1.85. The first kappa shape index (κ1) is 14.3. The Morgan fingerprint density at radius 2 is 2.11 bits per heavy atom. The lowest BCUT2D eigenvalue weighted by molar-refractivity contribution is 0.0947. The zero-order valence-electron chi connectivity index (χ0n) is 11.7. The van der Waals surface area contributed by atoms with Crippen LogP contribution in [-0.2, 0) is 0 Å². The average Bonchev–Trinajstić information content (AvgIpc) is 2.46. The zero-order valence-corrected chi connectivity index (χ0v) is 12.5. The number of anilines is 1. The predicted octanol–water partition coefficient (Wildman–Crippen LogP) is 2.91. The molecule has 1 heterocycles. The summed E-state index contributed by atoms with van der Waals surface area (Å²) in [6, 6.07) is 5.92. The first-order valence-corrected chi connectivity index (χ1v) is 8.00. The molecule has 0 radical (unpaired) electrons. The van der Waals surface area contributed by atoms with Gasteiger partial charge in [-0.15, -0.1) is 0 Å². The second kappa shape index (κ2) is 6.85. The summed E-state index contributed by atoms with van der Waals surface area (Å²) in [5, 5.41) is 6.16. The normalized spacial score (nSPS) is 16.1. The van der Waals surface area contributed by atoms with Crippen molar-refractivity contribution in [2.24, 2.45) is 5.92 Å². The van der Waals surface area contributed by atoms with Gasteiger partial charge in [-0.2, -0.15) is 11.8 Å². The van der Waals surface area contributed by atoms with E-state index in [4.69, 9.17) is 0 Å². The van der Waals surface area contributed by atoms with Crippen LogP contribution in [0.25, 0.3) is 0 Å². The molecular weight excluding hydrogens is 256 g/mol.